The zero-order valence-corrected chi connectivity index (χ0v) is 18.4. The van der Waals surface area contributed by atoms with Gasteiger partial charge in [0.15, 0.2) is 5.82 Å². The summed E-state index contributed by atoms with van der Waals surface area (Å²) in [5.74, 6) is 1.94. The van der Waals surface area contributed by atoms with Crippen LogP contribution in [0.4, 0.5) is 0 Å². The molecule has 0 spiro atoms. The van der Waals surface area contributed by atoms with Gasteiger partial charge in [0.25, 0.3) is 0 Å². The minimum Gasteiger partial charge on any atom is -1.00 e. The van der Waals surface area contributed by atoms with Crippen LogP contribution in [-0.2, 0) is 12.1 Å². The van der Waals surface area contributed by atoms with Crippen molar-refractivity contribution in [2.45, 2.75) is 52.2 Å². The molecule has 8 heteroatoms. The van der Waals surface area contributed by atoms with Crippen LogP contribution in [-0.4, -0.2) is 63.3 Å². The predicted octanol–water partition coefficient (Wildman–Crippen LogP) is -0.290. The lowest BCUT2D eigenvalue weighted by molar-refractivity contribution is -0.00000687. The Kier molecular flexibility index (Phi) is 7.80. The third kappa shape index (κ3) is 5.01. The summed E-state index contributed by atoms with van der Waals surface area (Å²) >= 11 is 0. The van der Waals surface area contributed by atoms with E-state index in [1.165, 1.54) is 5.56 Å². The number of benzene rings is 1. The number of para-hydroxylation sites is 1. The highest BCUT2D eigenvalue weighted by molar-refractivity contribution is 5.33. The van der Waals surface area contributed by atoms with E-state index in [0.29, 0.717) is 0 Å². The molecule has 2 heterocycles. The Morgan fingerprint density at radius 3 is 2.39 bits per heavy atom. The molecule has 28 heavy (non-hydrogen) atoms. The van der Waals surface area contributed by atoms with Crippen LogP contribution in [0.2, 0.25) is 0 Å². The molecule has 2 aromatic rings. The summed E-state index contributed by atoms with van der Waals surface area (Å²) in [7, 11) is 1.74. The third-order valence-electron chi connectivity index (χ3n) is 5.25. The molecule has 1 atom stereocenters. The van der Waals surface area contributed by atoms with Gasteiger partial charge in [0.05, 0.1) is 18.7 Å². The van der Waals surface area contributed by atoms with Gasteiger partial charge in [-0.25, -0.2) is 4.68 Å². The molecule has 1 aromatic heterocycles. The Morgan fingerprint density at radius 2 is 1.79 bits per heavy atom. The smallest absolute Gasteiger partial charge is 0.168 e. The van der Waals surface area contributed by atoms with Crippen LogP contribution >= 0.6 is 0 Å². The molecule has 1 aromatic carbocycles. The van der Waals surface area contributed by atoms with Gasteiger partial charge in [-0.1, -0.05) is 25.1 Å². The van der Waals surface area contributed by atoms with Crippen LogP contribution in [0.1, 0.15) is 51.5 Å². The maximum absolute atomic E-state index is 5.50. The normalized spacial score (nSPS) is 17.2. The maximum atomic E-state index is 5.50. The van der Waals surface area contributed by atoms with Crippen molar-refractivity contribution in [1.29, 1.82) is 0 Å². The highest BCUT2D eigenvalue weighted by Crippen LogP contribution is 2.27. The molecule has 1 aliphatic rings. The number of ether oxygens (including phenoxy) is 1. The van der Waals surface area contributed by atoms with E-state index >= 15 is 0 Å². The van der Waals surface area contributed by atoms with Crippen LogP contribution in [0.25, 0.3) is 0 Å². The van der Waals surface area contributed by atoms with Gasteiger partial charge in [-0.3, -0.25) is 9.80 Å². The fraction of sp³-hybridized carbons (Fsp3) is 0.650. The van der Waals surface area contributed by atoms with Crippen molar-refractivity contribution in [2.75, 3.05) is 33.3 Å². The Balaban J connectivity index is 0.00000280. The average molecular weight is 408 g/mol. The molecule has 156 valence electrons. The minimum atomic E-state index is -0.113. The Hall–Kier alpha value is -1.70. The molecule has 0 amide bonds. The van der Waals surface area contributed by atoms with Gasteiger partial charge >= 0.3 is 0 Å². The van der Waals surface area contributed by atoms with Crippen molar-refractivity contribution >= 4 is 0 Å². The van der Waals surface area contributed by atoms with Gasteiger partial charge in [0.1, 0.15) is 5.75 Å². The van der Waals surface area contributed by atoms with Gasteiger partial charge in [-0.15, -0.1) is 5.10 Å². The highest BCUT2D eigenvalue weighted by Gasteiger charge is 2.30. The summed E-state index contributed by atoms with van der Waals surface area (Å²) in [6, 6.07) is 8.54. The highest BCUT2D eigenvalue weighted by atomic mass is 35.5. The second-order valence-electron chi connectivity index (χ2n) is 8.17. The van der Waals surface area contributed by atoms with Gasteiger partial charge in [0, 0.05) is 38.3 Å². The van der Waals surface area contributed by atoms with Crippen LogP contribution in [0.3, 0.4) is 0 Å². The Bertz CT molecular complexity index is 736. The summed E-state index contributed by atoms with van der Waals surface area (Å²) in [6.45, 7) is 13.7. The molecule has 0 radical (unpaired) electrons. The second kappa shape index (κ2) is 9.67. The number of nitrogens with zero attached hydrogens (tertiary/aromatic N) is 6. The number of hydrogen-bond acceptors (Lipinski definition) is 6. The second-order valence-corrected chi connectivity index (χ2v) is 8.17. The summed E-state index contributed by atoms with van der Waals surface area (Å²) in [6.07, 6.45) is 1.00. The first-order valence-electron chi connectivity index (χ1n) is 9.81. The minimum absolute atomic E-state index is 0. The van der Waals surface area contributed by atoms with E-state index in [2.05, 4.69) is 65.2 Å². The molecule has 0 aliphatic carbocycles. The van der Waals surface area contributed by atoms with E-state index in [1.54, 1.807) is 7.11 Å². The fourth-order valence-electron chi connectivity index (χ4n) is 3.79. The first kappa shape index (κ1) is 22.6. The number of tetrazole rings is 1. The van der Waals surface area contributed by atoms with Crippen LogP contribution in [0.15, 0.2) is 24.3 Å². The lowest BCUT2D eigenvalue weighted by Gasteiger charge is -2.39. The van der Waals surface area contributed by atoms with Gasteiger partial charge in [-0.2, -0.15) is 0 Å². The number of rotatable bonds is 6. The van der Waals surface area contributed by atoms with E-state index < -0.39 is 0 Å². The topological polar surface area (TPSA) is 59.3 Å². The predicted molar refractivity (Wildman–Crippen MR) is 106 cm³/mol. The molecule has 1 unspecified atom stereocenters. The van der Waals surface area contributed by atoms with Crippen LogP contribution in [0, 0.1) is 0 Å². The van der Waals surface area contributed by atoms with Crippen molar-refractivity contribution < 1.29 is 17.1 Å². The molecule has 1 fully saturated rings. The van der Waals surface area contributed by atoms with E-state index in [1.807, 2.05) is 16.8 Å². The number of hydrogen-bond donors (Lipinski definition) is 0. The van der Waals surface area contributed by atoms with E-state index in [-0.39, 0.29) is 24.0 Å². The lowest BCUT2D eigenvalue weighted by atomic mass is 10.1. The van der Waals surface area contributed by atoms with Gasteiger partial charge in [0.2, 0.25) is 0 Å². The number of aromatic nitrogens is 4. The average Bonchev–Trinajstić information content (AvgIpc) is 3.14. The monoisotopic (exact) mass is 407 g/mol. The molecule has 0 saturated carbocycles. The number of methoxy groups -OCH3 is 1. The van der Waals surface area contributed by atoms with Gasteiger partial charge in [-0.05, 0) is 43.7 Å². The zero-order valence-electron chi connectivity index (χ0n) is 17.6. The molecule has 3 rings (SSSR count). The van der Waals surface area contributed by atoms with Crippen molar-refractivity contribution in [1.82, 2.24) is 30.0 Å². The molecule has 0 bridgehead atoms. The number of halogens is 1. The molecular formula is C20H32ClN6O-. The Labute approximate surface area is 174 Å². The lowest BCUT2D eigenvalue weighted by Crippen LogP contribution is -3.00. The van der Waals surface area contributed by atoms with Crippen molar-refractivity contribution in [3.05, 3.63) is 35.7 Å². The standard InChI is InChI=1S/C20H32N6O.ClH/c1-6-17(19-21-22-23-26(19)20(2,3)4)25-13-11-24(12-14-25)15-16-9-7-8-10-18(16)27-5;/h7-10,17H,6,11-15H2,1-5H3;1H/p-1. The zero-order chi connectivity index (χ0) is 19.4. The van der Waals surface area contributed by atoms with E-state index in [4.69, 9.17) is 4.74 Å². The van der Waals surface area contributed by atoms with Crippen LogP contribution < -0.4 is 17.1 Å². The fourth-order valence-corrected chi connectivity index (χ4v) is 3.79. The largest absolute Gasteiger partial charge is 1.00 e. The quantitative estimate of drug-likeness (QED) is 0.656. The maximum Gasteiger partial charge on any atom is 0.168 e. The number of piperazine rings is 1. The van der Waals surface area contributed by atoms with Crippen LogP contribution in [0.5, 0.6) is 5.75 Å². The molecule has 0 N–H and O–H groups in total. The third-order valence-corrected chi connectivity index (χ3v) is 5.25. The van der Waals surface area contributed by atoms with Crippen molar-refractivity contribution in [3.63, 3.8) is 0 Å². The molecule has 7 nitrogen and oxygen atoms in total. The molecule has 1 saturated heterocycles. The van der Waals surface area contributed by atoms with Crippen molar-refractivity contribution in [3.8, 4) is 5.75 Å². The molecule has 1 aliphatic heterocycles. The summed E-state index contributed by atoms with van der Waals surface area (Å²) in [5.41, 5.74) is 1.13. The summed E-state index contributed by atoms with van der Waals surface area (Å²) in [5, 5.41) is 12.6. The first-order chi connectivity index (χ1) is 12.9. The first-order valence-corrected chi connectivity index (χ1v) is 9.81. The summed E-state index contributed by atoms with van der Waals surface area (Å²) < 4.78 is 7.47. The van der Waals surface area contributed by atoms with E-state index in [0.717, 1.165) is 50.7 Å². The van der Waals surface area contributed by atoms with E-state index in [9.17, 15) is 0 Å². The van der Waals surface area contributed by atoms with Gasteiger partial charge < -0.3 is 17.1 Å². The van der Waals surface area contributed by atoms with Crippen molar-refractivity contribution in [2.24, 2.45) is 0 Å². The summed E-state index contributed by atoms with van der Waals surface area (Å²) in [4.78, 5) is 5.01. The SMILES string of the molecule is CCC(c1nnnn1C(C)(C)C)N1CCN(Cc2ccccc2OC)CC1.[Cl-]. The Morgan fingerprint density at radius 1 is 1.11 bits per heavy atom. The molecular weight excluding hydrogens is 376 g/mol.